The molecule has 1 N–H and O–H groups in total. The largest absolute Gasteiger partial charge is 0.311 e. The van der Waals surface area contributed by atoms with Crippen LogP contribution in [0.2, 0.25) is 0 Å². The Kier molecular flexibility index (Phi) is 5.82. The molecule has 0 unspecified atom stereocenters. The summed E-state index contributed by atoms with van der Waals surface area (Å²) in [4.78, 5) is 2.42. The first-order valence-corrected chi connectivity index (χ1v) is 6.10. The van der Waals surface area contributed by atoms with E-state index in [0.29, 0.717) is 5.41 Å². The van der Waals surface area contributed by atoms with Gasteiger partial charge in [-0.25, -0.2) is 0 Å². The van der Waals surface area contributed by atoms with Gasteiger partial charge in [-0.2, -0.15) is 0 Å². The SMILES string of the molecule is CCC(C)(C)CN(C)CCNC(C)(C)C. The van der Waals surface area contributed by atoms with Crippen molar-refractivity contribution in [1.29, 1.82) is 0 Å². The predicted molar refractivity (Wildman–Crippen MR) is 69.3 cm³/mol. The molecule has 0 aliphatic carbocycles. The highest BCUT2D eigenvalue weighted by Gasteiger charge is 2.17. The maximum Gasteiger partial charge on any atom is 0.0104 e. The topological polar surface area (TPSA) is 15.3 Å². The second-order valence-electron chi connectivity index (χ2n) is 6.43. The first kappa shape index (κ1) is 14.9. The van der Waals surface area contributed by atoms with Crippen molar-refractivity contribution >= 4 is 0 Å². The molecule has 0 bridgehead atoms. The van der Waals surface area contributed by atoms with Crippen LogP contribution in [0.25, 0.3) is 0 Å². The standard InChI is InChI=1S/C13H30N2/c1-8-13(5,6)11-15(7)10-9-14-12(2,3)4/h14H,8-11H2,1-7H3. The highest BCUT2D eigenvalue weighted by molar-refractivity contribution is 4.73. The zero-order chi connectivity index (χ0) is 12.1. The molecule has 15 heavy (non-hydrogen) atoms. The lowest BCUT2D eigenvalue weighted by atomic mass is 9.90. The Hall–Kier alpha value is -0.0800. The van der Waals surface area contributed by atoms with Crippen LogP contribution >= 0.6 is 0 Å². The molecule has 0 aromatic rings. The minimum Gasteiger partial charge on any atom is -0.311 e. The summed E-state index contributed by atoms with van der Waals surface area (Å²) in [6.45, 7) is 16.9. The zero-order valence-electron chi connectivity index (χ0n) is 11.8. The average molecular weight is 214 g/mol. The summed E-state index contributed by atoms with van der Waals surface area (Å²) in [5, 5.41) is 3.51. The molecular formula is C13H30N2. The Labute approximate surface area is 96.4 Å². The number of hydrogen-bond acceptors (Lipinski definition) is 2. The molecule has 2 heteroatoms. The van der Waals surface area contributed by atoms with Crippen LogP contribution in [0.4, 0.5) is 0 Å². The van der Waals surface area contributed by atoms with Crippen molar-refractivity contribution in [2.45, 2.75) is 53.5 Å². The predicted octanol–water partition coefficient (Wildman–Crippen LogP) is 2.74. The van der Waals surface area contributed by atoms with E-state index in [1.165, 1.54) is 13.0 Å². The first-order chi connectivity index (χ1) is 6.66. The maximum absolute atomic E-state index is 3.51. The molecule has 0 spiro atoms. The van der Waals surface area contributed by atoms with Crippen molar-refractivity contribution in [1.82, 2.24) is 10.2 Å². The fourth-order valence-electron chi connectivity index (χ4n) is 1.54. The minimum absolute atomic E-state index is 0.237. The van der Waals surface area contributed by atoms with Gasteiger partial charge in [-0.1, -0.05) is 20.8 Å². The van der Waals surface area contributed by atoms with Gasteiger partial charge in [0.25, 0.3) is 0 Å². The Morgan fingerprint density at radius 1 is 1.07 bits per heavy atom. The maximum atomic E-state index is 3.51. The van der Waals surface area contributed by atoms with Gasteiger partial charge in [-0.15, -0.1) is 0 Å². The second-order valence-corrected chi connectivity index (χ2v) is 6.43. The van der Waals surface area contributed by atoms with Crippen LogP contribution in [-0.4, -0.2) is 37.1 Å². The van der Waals surface area contributed by atoms with Gasteiger partial charge in [0, 0.05) is 25.2 Å². The molecule has 0 amide bonds. The third kappa shape index (κ3) is 8.88. The van der Waals surface area contributed by atoms with Crippen molar-refractivity contribution in [2.24, 2.45) is 5.41 Å². The molecule has 0 fully saturated rings. The van der Waals surface area contributed by atoms with E-state index in [1.54, 1.807) is 0 Å². The number of likely N-dealkylation sites (N-methyl/N-ethyl adjacent to an activating group) is 1. The van der Waals surface area contributed by atoms with Crippen LogP contribution in [0.5, 0.6) is 0 Å². The van der Waals surface area contributed by atoms with Gasteiger partial charge in [0.2, 0.25) is 0 Å². The van der Waals surface area contributed by atoms with Gasteiger partial charge in [0.1, 0.15) is 0 Å². The molecule has 0 aliphatic rings. The van der Waals surface area contributed by atoms with Gasteiger partial charge in [-0.3, -0.25) is 0 Å². The van der Waals surface area contributed by atoms with Crippen LogP contribution in [0.15, 0.2) is 0 Å². The number of nitrogens with zero attached hydrogens (tertiary/aromatic N) is 1. The summed E-state index contributed by atoms with van der Waals surface area (Å²) in [5.41, 5.74) is 0.678. The average Bonchev–Trinajstić information content (AvgIpc) is 2.00. The van der Waals surface area contributed by atoms with E-state index >= 15 is 0 Å². The fourth-order valence-corrected chi connectivity index (χ4v) is 1.54. The number of nitrogens with one attached hydrogen (secondary N) is 1. The smallest absolute Gasteiger partial charge is 0.0104 e. The molecule has 0 heterocycles. The summed E-state index contributed by atoms with van der Waals surface area (Å²) in [6, 6.07) is 0. The first-order valence-electron chi connectivity index (χ1n) is 6.10. The number of rotatable bonds is 6. The van der Waals surface area contributed by atoms with Gasteiger partial charge >= 0.3 is 0 Å². The lowest BCUT2D eigenvalue weighted by molar-refractivity contribution is 0.200. The summed E-state index contributed by atoms with van der Waals surface area (Å²) in [7, 11) is 2.21. The van der Waals surface area contributed by atoms with Crippen LogP contribution in [0.1, 0.15) is 48.0 Å². The molecule has 0 radical (unpaired) electrons. The summed E-state index contributed by atoms with van der Waals surface area (Å²) < 4.78 is 0. The fraction of sp³-hybridized carbons (Fsp3) is 1.00. The van der Waals surface area contributed by atoms with E-state index in [1.807, 2.05) is 0 Å². The van der Waals surface area contributed by atoms with E-state index in [-0.39, 0.29) is 5.54 Å². The van der Waals surface area contributed by atoms with E-state index in [4.69, 9.17) is 0 Å². The second kappa shape index (κ2) is 5.86. The molecule has 0 aromatic carbocycles. The Bertz CT molecular complexity index is 168. The lowest BCUT2D eigenvalue weighted by Gasteiger charge is -2.30. The highest BCUT2D eigenvalue weighted by atomic mass is 15.1. The quantitative estimate of drug-likeness (QED) is 0.731. The highest BCUT2D eigenvalue weighted by Crippen LogP contribution is 2.20. The molecule has 0 aromatic heterocycles. The van der Waals surface area contributed by atoms with Gasteiger partial charge in [-0.05, 0) is 39.7 Å². The summed E-state index contributed by atoms with van der Waals surface area (Å²) in [5.74, 6) is 0. The van der Waals surface area contributed by atoms with Crippen molar-refractivity contribution in [3.8, 4) is 0 Å². The molecule has 92 valence electrons. The molecule has 0 atom stereocenters. The molecule has 2 nitrogen and oxygen atoms in total. The molecule has 0 saturated heterocycles. The van der Waals surface area contributed by atoms with Crippen molar-refractivity contribution < 1.29 is 0 Å². The van der Waals surface area contributed by atoms with Crippen molar-refractivity contribution in [2.75, 3.05) is 26.7 Å². The van der Waals surface area contributed by atoms with Gasteiger partial charge < -0.3 is 10.2 Å². The van der Waals surface area contributed by atoms with E-state index in [2.05, 4.69) is 58.8 Å². The van der Waals surface area contributed by atoms with Crippen LogP contribution in [0.3, 0.4) is 0 Å². The molecule has 0 rings (SSSR count). The monoisotopic (exact) mass is 214 g/mol. The van der Waals surface area contributed by atoms with Crippen molar-refractivity contribution in [3.05, 3.63) is 0 Å². The zero-order valence-corrected chi connectivity index (χ0v) is 11.8. The number of hydrogen-bond donors (Lipinski definition) is 1. The Morgan fingerprint density at radius 2 is 1.60 bits per heavy atom. The van der Waals surface area contributed by atoms with Crippen molar-refractivity contribution in [3.63, 3.8) is 0 Å². The van der Waals surface area contributed by atoms with E-state index < -0.39 is 0 Å². The Balaban J connectivity index is 3.71. The molecular weight excluding hydrogens is 184 g/mol. The third-order valence-electron chi connectivity index (χ3n) is 2.80. The van der Waals surface area contributed by atoms with E-state index in [9.17, 15) is 0 Å². The third-order valence-corrected chi connectivity index (χ3v) is 2.80. The van der Waals surface area contributed by atoms with Crippen LogP contribution in [-0.2, 0) is 0 Å². The summed E-state index contributed by atoms with van der Waals surface area (Å²) >= 11 is 0. The molecule has 0 saturated carbocycles. The Morgan fingerprint density at radius 3 is 2.00 bits per heavy atom. The van der Waals surface area contributed by atoms with Crippen LogP contribution in [0, 0.1) is 5.41 Å². The van der Waals surface area contributed by atoms with Gasteiger partial charge in [0.05, 0.1) is 0 Å². The van der Waals surface area contributed by atoms with E-state index in [0.717, 1.165) is 13.1 Å². The minimum atomic E-state index is 0.237. The lowest BCUT2D eigenvalue weighted by Crippen LogP contribution is -2.42. The summed E-state index contributed by atoms with van der Waals surface area (Å²) in [6.07, 6.45) is 1.24. The van der Waals surface area contributed by atoms with Gasteiger partial charge in [0.15, 0.2) is 0 Å². The normalized spacial score (nSPS) is 13.6. The molecule has 0 aliphatic heterocycles. The van der Waals surface area contributed by atoms with Crippen LogP contribution < -0.4 is 5.32 Å².